The van der Waals surface area contributed by atoms with Crippen molar-refractivity contribution in [2.45, 2.75) is 24.6 Å². The normalized spacial score (nSPS) is 39.0. The van der Waals surface area contributed by atoms with Crippen molar-refractivity contribution in [3.63, 3.8) is 0 Å². The van der Waals surface area contributed by atoms with Crippen LogP contribution in [0.25, 0.3) is 0 Å². The summed E-state index contributed by atoms with van der Waals surface area (Å²) in [6.45, 7) is 4.36. The molecule has 1 rings (SSSR count). The summed E-state index contributed by atoms with van der Waals surface area (Å²) in [5.41, 5.74) is 0. The van der Waals surface area contributed by atoms with Crippen LogP contribution in [0.5, 0.6) is 0 Å². The van der Waals surface area contributed by atoms with Crippen LogP contribution in [-0.4, -0.2) is 29.9 Å². The number of nitrogens with zero attached hydrogens (tertiary/aromatic N) is 1. The molecule has 1 atom stereocenters. The van der Waals surface area contributed by atoms with Crippen LogP contribution in [0.1, 0.15) is 19.8 Å². The lowest BCUT2D eigenvalue weighted by Crippen LogP contribution is -2.40. The highest BCUT2D eigenvalue weighted by atomic mass is 35.5. The topological polar surface area (TPSA) is 3.24 Å². The third kappa shape index (κ3) is 2.15. The molecule has 0 aromatic rings. The molecule has 2 heteroatoms. The smallest absolute Gasteiger partial charge is 0.0545 e. The first-order valence-corrected chi connectivity index (χ1v) is 3.85. The van der Waals surface area contributed by atoms with Crippen LogP contribution >= 0.6 is 11.6 Å². The zero-order valence-corrected chi connectivity index (χ0v) is 6.91. The van der Waals surface area contributed by atoms with Crippen LogP contribution in [0.4, 0.5) is 0 Å². The van der Waals surface area contributed by atoms with Gasteiger partial charge < -0.3 is 4.90 Å². The third-order valence-corrected chi connectivity index (χ3v) is 2.15. The molecule has 0 bridgehead atoms. The molecule has 1 heterocycles. The molecule has 1 aliphatic heterocycles. The molecule has 1 unspecified atom stereocenters. The SMILES string of the molecule is CN1CCCC(C)(Cl)C1. The largest absolute Gasteiger partial charge is 0.305 e. The number of likely N-dealkylation sites (tertiary alicyclic amines) is 1. The highest BCUT2D eigenvalue weighted by Gasteiger charge is 2.26. The first kappa shape index (κ1) is 7.36. The molecule has 0 N–H and O–H groups in total. The summed E-state index contributed by atoms with van der Waals surface area (Å²) in [5, 5.41) is 0. The highest BCUT2D eigenvalue weighted by molar-refractivity contribution is 6.23. The van der Waals surface area contributed by atoms with Crippen molar-refractivity contribution in [3.8, 4) is 0 Å². The second-order valence-corrected chi connectivity index (χ2v) is 4.17. The lowest BCUT2D eigenvalue weighted by Gasteiger charge is -2.33. The number of rotatable bonds is 0. The van der Waals surface area contributed by atoms with Crippen molar-refractivity contribution in [1.29, 1.82) is 0 Å². The van der Waals surface area contributed by atoms with E-state index in [0.29, 0.717) is 0 Å². The Hall–Kier alpha value is 0.250. The summed E-state index contributed by atoms with van der Waals surface area (Å²) in [6, 6.07) is 0. The van der Waals surface area contributed by atoms with Gasteiger partial charge >= 0.3 is 0 Å². The van der Waals surface area contributed by atoms with E-state index in [4.69, 9.17) is 11.6 Å². The minimum Gasteiger partial charge on any atom is -0.305 e. The highest BCUT2D eigenvalue weighted by Crippen LogP contribution is 2.25. The van der Waals surface area contributed by atoms with E-state index in [0.717, 1.165) is 6.54 Å². The lowest BCUT2D eigenvalue weighted by molar-refractivity contribution is 0.237. The van der Waals surface area contributed by atoms with Gasteiger partial charge in [0.25, 0.3) is 0 Å². The predicted molar refractivity (Wildman–Crippen MR) is 41.0 cm³/mol. The van der Waals surface area contributed by atoms with Gasteiger partial charge in [0.1, 0.15) is 0 Å². The molecule has 1 fully saturated rings. The number of piperidine rings is 1. The van der Waals surface area contributed by atoms with Gasteiger partial charge in [-0.3, -0.25) is 0 Å². The molecule has 0 aromatic heterocycles. The van der Waals surface area contributed by atoms with Crippen molar-refractivity contribution < 1.29 is 0 Å². The van der Waals surface area contributed by atoms with Crippen LogP contribution < -0.4 is 0 Å². The maximum Gasteiger partial charge on any atom is 0.0545 e. The molecule has 54 valence electrons. The monoisotopic (exact) mass is 147 g/mol. The average molecular weight is 148 g/mol. The van der Waals surface area contributed by atoms with E-state index in [-0.39, 0.29) is 4.87 Å². The fourth-order valence-corrected chi connectivity index (χ4v) is 1.78. The first-order chi connectivity index (χ1) is 4.10. The van der Waals surface area contributed by atoms with Crippen molar-refractivity contribution >= 4 is 11.6 Å². The molecule has 0 spiro atoms. The minimum atomic E-state index is 0.0486. The van der Waals surface area contributed by atoms with E-state index in [2.05, 4.69) is 18.9 Å². The van der Waals surface area contributed by atoms with Gasteiger partial charge in [-0.05, 0) is 33.4 Å². The summed E-state index contributed by atoms with van der Waals surface area (Å²) >= 11 is 6.13. The summed E-state index contributed by atoms with van der Waals surface area (Å²) < 4.78 is 0. The van der Waals surface area contributed by atoms with Gasteiger partial charge in [-0.2, -0.15) is 0 Å². The Morgan fingerprint density at radius 3 is 2.56 bits per heavy atom. The van der Waals surface area contributed by atoms with E-state index in [9.17, 15) is 0 Å². The quantitative estimate of drug-likeness (QED) is 0.472. The molecule has 0 radical (unpaired) electrons. The number of hydrogen-bond acceptors (Lipinski definition) is 1. The van der Waals surface area contributed by atoms with Gasteiger partial charge in [0.2, 0.25) is 0 Å². The lowest BCUT2D eigenvalue weighted by atomic mass is 10.00. The van der Waals surface area contributed by atoms with Crippen molar-refractivity contribution in [2.75, 3.05) is 20.1 Å². The molecule has 0 amide bonds. The fourth-order valence-electron chi connectivity index (χ4n) is 1.44. The zero-order valence-electron chi connectivity index (χ0n) is 6.15. The van der Waals surface area contributed by atoms with Crippen molar-refractivity contribution in [2.24, 2.45) is 0 Å². The number of alkyl halides is 1. The maximum absolute atomic E-state index is 6.13. The number of hydrogen-bond donors (Lipinski definition) is 0. The third-order valence-electron chi connectivity index (χ3n) is 1.84. The van der Waals surface area contributed by atoms with Crippen LogP contribution in [0, 0.1) is 0 Å². The predicted octanol–water partition coefficient (Wildman–Crippen LogP) is 1.71. The maximum atomic E-state index is 6.13. The standard InChI is InChI=1S/C7H14ClN/c1-7(8)4-3-5-9(2)6-7/h3-6H2,1-2H3. The molecule has 0 aromatic carbocycles. The molecule has 1 nitrogen and oxygen atoms in total. The van der Waals surface area contributed by atoms with Gasteiger partial charge in [-0.15, -0.1) is 11.6 Å². The summed E-state index contributed by atoms with van der Waals surface area (Å²) in [6.07, 6.45) is 2.41. The Kier molecular flexibility index (Phi) is 2.02. The fraction of sp³-hybridized carbons (Fsp3) is 1.00. The Balaban J connectivity index is 2.41. The summed E-state index contributed by atoms with van der Waals surface area (Å²) in [4.78, 5) is 2.34. The van der Waals surface area contributed by atoms with Gasteiger partial charge in [0.05, 0.1) is 4.87 Å². The average Bonchev–Trinajstić information content (AvgIpc) is 1.60. The summed E-state index contributed by atoms with van der Waals surface area (Å²) in [5.74, 6) is 0. The van der Waals surface area contributed by atoms with Gasteiger partial charge in [-0.1, -0.05) is 0 Å². The minimum absolute atomic E-state index is 0.0486. The Morgan fingerprint density at radius 1 is 1.56 bits per heavy atom. The first-order valence-electron chi connectivity index (χ1n) is 3.48. The van der Waals surface area contributed by atoms with Crippen LogP contribution in [0.3, 0.4) is 0 Å². The molecule has 1 aliphatic rings. The molecule has 0 saturated carbocycles. The van der Waals surface area contributed by atoms with Gasteiger partial charge in [-0.25, -0.2) is 0 Å². The van der Waals surface area contributed by atoms with E-state index in [1.54, 1.807) is 0 Å². The van der Waals surface area contributed by atoms with Gasteiger partial charge in [0.15, 0.2) is 0 Å². The number of halogens is 1. The molecular formula is C7H14ClN. The van der Waals surface area contributed by atoms with E-state index in [1.165, 1.54) is 19.4 Å². The van der Waals surface area contributed by atoms with E-state index < -0.39 is 0 Å². The second kappa shape index (κ2) is 2.47. The molecule has 9 heavy (non-hydrogen) atoms. The second-order valence-electron chi connectivity index (χ2n) is 3.25. The van der Waals surface area contributed by atoms with Crippen LogP contribution in [-0.2, 0) is 0 Å². The molecular weight excluding hydrogens is 134 g/mol. The van der Waals surface area contributed by atoms with Gasteiger partial charge in [0, 0.05) is 6.54 Å². The Morgan fingerprint density at radius 2 is 2.22 bits per heavy atom. The van der Waals surface area contributed by atoms with Crippen LogP contribution in [0.15, 0.2) is 0 Å². The molecule has 1 saturated heterocycles. The van der Waals surface area contributed by atoms with E-state index in [1.807, 2.05) is 0 Å². The Labute approximate surface area is 62.0 Å². The Bertz CT molecular complexity index is 101. The van der Waals surface area contributed by atoms with E-state index >= 15 is 0 Å². The molecule has 0 aliphatic carbocycles. The van der Waals surface area contributed by atoms with Crippen molar-refractivity contribution in [1.82, 2.24) is 4.90 Å². The van der Waals surface area contributed by atoms with Crippen LogP contribution in [0.2, 0.25) is 0 Å². The van der Waals surface area contributed by atoms with Crippen molar-refractivity contribution in [3.05, 3.63) is 0 Å². The summed E-state index contributed by atoms with van der Waals surface area (Å²) in [7, 11) is 2.12. The zero-order chi connectivity index (χ0) is 6.91.